The van der Waals surface area contributed by atoms with Gasteiger partial charge in [0.05, 0.1) is 21.7 Å². The summed E-state index contributed by atoms with van der Waals surface area (Å²) in [5, 5.41) is 0.316. The summed E-state index contributed by atoms with van der Waals surface area (Å²) in [5.41, 5.74) is 0.448. The average molecular weight is 243 g/mol. The maximum Gasteiger partial charge on any atom is 0.153 e. The first-order chi connectivity index (χ1) is 6.24. The predicted octanol–water partition coefficient (Wildman–Crippen LogP) is 3.15. The van der Waals surface area contributed by atoms with Crippen LogP contribution in [-0.2, 0) is 0 Å². The molecule has 0 aliphatic rings. The van der Waals surface area contributed by atoms with E-state index in [1.54, 1.807) is 0 Å². The average Bonchev–Trinajstić information content (AvgIpc) is 2.60. The molecular formula is C9H4BrFO2. The number of hydrogen-bond donors (Lipinski definition) is 0. The lowest BCUT2D eigenvalue weighted by Gasteiger charge is -1.97. The Hall–Kier alpha value is -1.16. The number of rotatable bonds is 1. The molecular weight excluding hydrogens is 239 g/mol. The number of aldehydes is 1. The van der Waals surface area contributed by atoms with E-state index in [0.717, 1.165) is 0 Å². The number of carbonyl (C=O) groups is 1. The molecule has 0 fully saturated rings. The lowest BCUT2D eigenvalue weighted by molar-refractivity contribution is 0.112. The van der Waals surface area contributed by atoms with Gasteiger partial charge in [-0.3, -0.25) is 4.79 Å². The lowest BCUT2D eigenvalue weighted by Crippen LogP contribution is -1.88. The van der Waals surface area contributed by atoms with Crippen molar-refractivity contribution < 1.29 is 13.6 Å². The normalized spacial score (nSPS) is 10.6. The highest BCUT2D eigenvalue weighted by atomic mass is 79.9. The van der Waals surface area contributed by atoms with Crippen LogP contribution in [0.5, 0.6) is 0 Å². The topological polar surface area (TPSA) is 30.2 Å². The number of hydrogen-bond acceptors (Lipinski definition) is 2. The van der Waals surface area contributed by atoms with E-state index in [0.29, 0.717) is 21.7 Å². The zero-order valence-electron chi connectivity index (χ0n) is 6.38. The van der Waals surface area contributed by atoms with Gasteiger partial charge in [-0.15, -0.1) is 0 Å². The van der Waals surface area contributed by atoms with E-state index >= 15 is 0 Å². The summed E-state index contributed by atoms with van der Waals surface area (Å²) in [6.07, 6.45) is 1.86. The minimum absolute atomic E-state index is 0.0285. The highest BCUT2D eigenvalue weighted by Gasteiger charge is 2.12. The van der Waals surface area contributed by atoms with Gasteiger partial charge < -0.3 is 4.42 Å². The van der Waals surface area contributed by atoms with Gasteiger partial charge in [0, 0.05) is 0 Å². The second kappa shape index (κ2) is 2.96. The second-order valence-corrected chi connectivity index (χ2v) is 3.40. The fourth-order valence-corrected chi connectivity index (χ4v) is 1.73. The molecule has 13 heavy (non-hydrogen) atoms. The molecule has 0 saturated carbocycles. The molecule has 0 spiro atoms. The Morgan fingerprint density at radius 1 is 1.54 bits per heavy atom. The molecule has 2 rings (SSSR count). The first-order valence-corrected chi connectivity index (χ1v) is 4.33. The molecule has 1 aromatic carbocycles. The van der Waals surface area contributed by atoms with E-state index < -0.39 is 5.82 Å². The Kier molecular flexibility index (Phi) is 1.92. The number of halogens is 2. The molecule has 0 aliphatic carbocycles. The third kappa shape index (κ3) is 1.18. The van der Waals surface area contributed by atoms with Crippen molar-refractivity contribution in [3.8, 4) is 0 Å². The first kappa shape index (κ1) is 8.44. The fourth-order valence-electron chi connectivity index (χ4n) is 1.17. The van der Waals surface area contributed by atoms with Gasteiger partial charge in [-0.1, -0.05) is 0 Å². The SMILES string of the molecule is O=Cc1cc(Br)c2occc2c1F. The summed E-state index contributed by atoms with van der Waals surface area (Å²) in [6, 6.07) is 2.89. The molecule has 2 aromatic rings. The number of furan rings is 1. The van der Waals surface area contributed by atoms with Crippen molar-refractivity contribution in [2.75, 3.05) is 0 Å². The quantitative estimate of drug-likeness (QED) is 0.720. The maximum absolute atomic E-state index is 13.4. The van der Waals surface area contributed by atoms with Gasteiger partial charge in [0.15, 0.2) is 11.9 Å². The van der Waals surface area contributed by atoms with E-state index in [1.807, 2.05) is 0 Å². The van der Waals surface area contributed by atoms with Crippen LogP contribution in [0.15, 0.2) is 27.3 Å². The molecule has 4 heteroatoms. The van der Waals surface area contributed by atoms with Crippen LogP contribution in [0.25, 0.3) is 11.0 Å². The molecule has 0 bridgehead atoms. The van der Waals surface area contributed by atoms with Crippen LogP contribution in [0.4, 0.5) is 4.39 Å². The lowest BCUT2D eigenvalue weighted by atomic mass is 10.1. The Balaban J connectivity index is 2.93. The summed E-state index contributed by atoms with van der Waals surface area (Å²) in [6.45, 7) is 0. The summed E-state index contributed by atoms with van der Waals surface area (Å²) in [4.78, 5) is 10.5. The monoisotopic (exact) mass is 242 g/mol. The van der Waals surface area contributed by atoms with Crippen LogP contribution in [0.1, 0.15) is 10.4 Å². The molecule has 0 radical (unpaired) electrons. The fraction of sp³-hybridized carbons (Fsp3) is 0. The molecule has 66 valence electrons. The Bertz CT molecular complexity index is 476. The van der Waals surface area contributed by atoms with Gasteiger partial charge in [0.1, 0.15) is 5.82 Å². The van der Waals surface area contributed by atoms with Crippen molar-refractivity contribution in [3.63, 3.8) is 0 Å². The number of fused-ring (bicyclic) bond motifs is 1. The van der Waals surface area contributed by atoms with E-state index in [2.05, 4.69) is 15.9 Å². The van der Waals surface area contributed by atoms with Crippen LogP contribution >= 0.6 is 15.9 Å². The number of carbonyl (C=O) groups excluding carboxylic acids is 1. The maximum atomic E-state index is 13.4. The zero-order chi connectivity index (χ0) is 9.42. The first-order valence-electron chi connectivity index (χ1n) is 3.54. The third-order valence-corrected chi connectivity index (χ3v) is 2.37. The van der Waals surface area contributed by atoms with Gasteiger partial charge in [0.25, 0.3) is 0 Å². The minimum Gasteiger partial charge on any atom is -0.463 e. The molecule has 0 amide bonds. The molecule has 1 heterocycles. The highest BCUT2D eigenvalue weighted by molar-refractivity contribution is 9.10. The Morgan fingerprint density at radius 2 is 2.31 bits per heavy atom. The third-order valence-electron chi connectivity index (χ3n) is 1.78. The Morgan fingerprint density at radius 3 is 3.00 bits per heavy atom. The molecule has 2 nitrogen and oxygen atoms in total. The predicted molar refractivity (Wildman–Crippen MR) is 49.3 cm³/mol. The van der Waals surface area contributed by atoms with Crippen LogP contribution in [0, 0.1) is 5.82 Å². The highest BCUT2D eigenvalue weighted by Crippen LogP contribution is 2.29. The summed E-state index contributed by atoms with van der Waals surface area (Å²) < 4.78 is 19.0. The second-order valence-electron chi connectivity index (χ2n) is 2.54. The molecule has 0 aliphatic heterocycles. The van der Waals surface area contributed by atoms with Crippen molar-refractivity contribution in [2.45, 2.75) is 0 Å². The smallest absolute Gasteiger partial charge is 0.153 e. The molecule has 1 aromatic heterocycles. The van der Waals surface area contributed by atoms with Crippen molar-refractivity contribution in [1.82, 2.24) is 0 Å². The minimum atomic E-state index is -0.540. The molecule has 0 saturated heterocycles. The van der Waals surface area contributed by atoms with Crippen molar-refractivity contribution >= 4 is 33.2 Å². The largest absolute Gasteiger partial charge is 0.463 e. The van der Waals surface area contributed by atoms with Crippen LogP contribution < -0.4 is 0 Å². The number of benzene rings is 1. The molecule has 0 N–H and O–H groups in total. The van der Waals surface area contributed by atoms with Gasteiger partial charge in [-0.25, -0.2) is 4.39 Å². The standard InChI is InChI=1S/C9H4BrFO2/c10-7-3-5(4-12)8(11)6-1-2-13-9(6)7/h1-4H. The summed E-state index contributed by atoms with van der Waals surface area (Å²) in [7, 11) is 0. The summed E-state index contributed by atoms with van der Waals surface area (Å²) >= 11 is 3.18. The van der Waals surface area contributed by atoms with E-state index in [4.69, 9.17) is 4.42 Å². The van der Waals surface area contributed by atoms with Crippen molar-refractivity contribution in [3.05, 3.63) is 34.2 Å². The van der Waals surface area contributed by atoms with Gasteiger partial charge in [0.2, 0.25) is 0 Å². The molecule has 0 atom stereocenters. The van der Waals surface area contributed by atoms with Gasteiger partial charge in [-0.05, 0) is 28.1 Å². The van der Waals surface area contributed by atoms with Gasteiger partial charge in [-0.2, -0.15) is 0 Å². The van der Waals surface area contributed by atoms with Gasteiger partial charge >= 0.3 is 0 Å². The van der Waals surface area contributed by atoms with E-state index in [1.165, 1.54) is 18.4 Å². The van der Waals surface area contributed by atoms with Crippen molar-refractivity contribution in [1.29, 1.82) is 0 Å². The van der Waals surface area contributed by atoms with Crippen molar-refractivity contribution in [2.24, 2.45) is 0 Å². The Labute approximate surface area is 81.5 Å². The van der Waals surface area contributed by atoms with Crippen LogP contribution in [-0.4, -0.2) is 6.29 Å². The van der Waals surface area contributed by atoms with E-state index in [-0.39, 0.29) is 5.56 Å². The van der Waals surface area contributed by atoms with Crippen LogP contribution in [0.3, 0.4) is 0 Å². The zero-order valence-corrected chi connectivity index (χ0v) is 7.97. The molecule has 0 unspecified atom stereocenters. The van der Waals surface area contributed by atoms with Crippen LogP contribution in [0.2, 0.25) is 0 Å². The van der Waals surface area contributed by atoms with E-state index in [9.17, 15) is 9.18 Å². The summed E-state index contributed by atoms with van der Waals surface area (Å²) in [5.74, 6) is -0.540.